The van der Waals surface area contributed by atoms with E-state index >= 15 is 0 Å². The Morgan fingerprint density at radius 1 is 0.946 bits per heavy atom. The molecule has 3 heterocycles. The molecule has 37 heavy (non-hydrogen) atoms. The number of fused-ring (bicyclic) bond motifs is 1. The van der Waals surface area contributed by atoms with E-state index < -0.39 is 9.84 Å². The number of methoxy groups -OCH3 is 1. The maximum absolute atomic E-state index is 13.3. The summed E-state index contributed by atoms with van der Waals surface area (Å²) in [6.45, 7) is 3.63. The Labute approximate surface area is 216 Å². The van der Waals surface area contributed by atoms with Gasteiger partial charge < -0.3 is 9.64 Å². The molecule has 190 valence electrons. The second-order valence-corrected chi connectivity index (χ2v) is 11.0. The number of amides is 1. The second kappa shape index (κ2) is 10.7. The minimum Gasteiger partial charge on any atom is -0.496 e. The fraction of sp³-hybridized carbons (Fsp3) is 0.250. The number of aromatic nitrogens is 2. The fourth-order valence-corrected chi connectivity index (χ4v) is 6.20. The lowest BCUT2D eigenvalue weighted by Gasteiger charge is -2.34. The maximum atomic E-state index is 13.3. The number of piperazine rings is 1. The van der Waals surface area contributed by atoms with Gasteiger partial charge in [-0.2, -0.15) is 0 Å². The Bertz CT molecular complexity index is 1510. The Balaban J connectivity index is 1.29. The van der Waals surface area contributed by atoms with Gasteiger partial charge in [-0.25, -0.2) is 8.42 Å². The Morgan fingerprint density at radius 3 is 2.46 bits per heavy atom. The SMILES string of the molecule is COc1cc(C(=O)N2CCN(Cc3ccncc3)CC2)ccc1CS(=O)(=O)c1cccc2cccnc12. The number of carbonyl (C=O) groups is 1. The summed E-state index contributed by atoms with van der Waals surface area (Å²) >= 11 is 0. The van der Waals surface area contributed by atoms with Crippen LogP contribution in [0.4, 0.5) is 0 Å². The summed E-state index contributed by atoms with van der Waals surface area (Å²) in [5.41, 5.74) is 2.62. The van der Waals surface area contributed by atoms with Gasteiger partial charge in [0, 0.05) is 67.8 Å². The van der Waals surface area contributed by atoms with E-state index in [2.05, 4.69) is 14.9 Å². The Morgan fingerprint density at radius 2 is 1.70 bits per heavy atom. The first-order valence-corrected chi connectivity index (χ1v) is 13.7. The van der Waals surface area contributed by atoms with Crippen LogP contribution in [0.2, 0.25) is 0 Å². The van der Waals surface area contributed by atoms with Crippen molar-refractivity contribution < 1.29 is 17.9 Å². The van der Waals surface area contributed by atoms with E-state index in [1.165, 1.54) is 12.7 Å². The average Bonchev–Trinajstić information content (AvgIpc) is 2.93. The number of benzene rings is 2. The molecule has 0 spiro atoms. The lowest BCUT2D eigenvalue weighted by Crippen LogP contribution is -2.48. The number of rotatable bonds is 7. The first-order valence-electron chi connectivity index (χ1n) is 12.1. The monoisotopic (exact) mass is 516 g/mol. The summed E-state index contributed by atoms with van der Waals surface area (Å²) in [6.07, 6.45) is 5.16. The van der Waals surface area contributed by atoms with Crippen molar-refractivity contribution >= 4 is 26.6 Å². The van der Waals surface area contributed by atoms with Crippen molar-refractivity contribution in [2.24, 2.45) is 0 Å². The molecular formula is C28H28N4O4S. The highest BCUT2D eigenvalue weighted by molar-refractivity contribution is 7.90. The van der Waals surface area contributed by atoms with Crippen molar-refractivity contribution in [1.29, 1.82) is 0 Å². The third-order valence-corrected chi connectivity index (χ3v) is 8.32. The molecule has 2 aromatic heterocycles. The van der Waals surface area contributed by atoms with Gasteiger partial charge in [0.25, 0.3) is 5.91 Å². The van der Waals surface area contributed by atoms with Gasteiger partial charge in [0.15, 0.2) is 9.84 Å². The molecule has 2 aromatic carbocycles. The van der Waals surface area contributed by atoms with E-state index in [0.717, 1.165) is 25.0 Å². The molecule has 5 rings (SSSR count). The van der Waals surface area contributed by atoms with E-state index in [9.17, 15) is 13.2 Å². The van der Waals surface area contributed by atoms with Crippen LogP contribution in [0.5, 0.6) is 5.75 Å². The van der Waals surface area contributed by atoms with Crippen molar-refractivity contribution in [2.75, 3.05) is 33.3 Å². The summed E-state index contributed by atoms with van der Waals surface area (Å²) in [5, 5.41) is 0.761. The Kier molecular flexibility index (Phi) is 7.16. The molecule has 4 aromatic rings. The molecule has 1 fully saturated rings. The Hall–Kier alpha value is -3.82. The molecule has 1 aliphatic rings. The number of hydrogen-bond donors (Lipinski definition) is 0. The van der Waals surface area contributed by atoms with Crippen molar-refractivity contribution in [3.63, 3.8) is 0 Å². The molecule has 0 unspecified atom stereocenters. The third-order valence-electron chi connectivity index (χ3n) is 6.63. The van der Waals surface area contributed by atoms with Gasteiger partial charge in [-0.3, -0.25) is 19.7 Å². The van der Waals surface area contributed by atoms with Gasteiger partial charge in [-0.1, -0.05) is 24.3 Å². The molecule has 8 nitrogen and oxygen atoms in total. The number of pyridine rings is 2. The van der Waals surface area contributed by atoms with Crippen LogP contribution in [0, 0.1) is 0 Å². The third kappa shape index (κ3) is 5.47. The van der Waals surface area contributed by atoms with Gasteiger partial charge in [0.05, 0.1) is 23.3 Å². The predicted octanol–water partition coefficient (Wildman–Crippen LogP) is 3.57. The average molecular weight is 517 g/mol. The summed E-state index contributed by atoms with van der Waals surface area (Å²) in [5.74, 6) is 0.0297. The van der Waals surface area contributed by atoms with E-state index in [0.29, 0.717) is 35.5 Å². The maximum Gasteiger partial charge on any atom is 0.254 e. The van der Waals surface area contributed by atoms with Crippen LogP contribution >= 0.6 is 0 Å². The quantitative estimate of drug-likeness (QED) is 0.371. The lowest BCUT2D eigenvalue weighted by atomic mass is 10.1. The van der Waals surface area contributed by atoms with Gasteiger partial charge >= 0.3 is 0 Å². The van der Waals surface area contributed by atoms with Crippen molar-refractivity contribution in [3.8, 4) is 5.75 Å². The smallest absolute Gasteiger partial charge is 0.254 e. The molecular weight excluding hydrogens is 488 g/mol. The van der Waals surface area contributed by atoms with Gasteiger partial charge in [-0.05, 0) is 42.0 Å². The predicted molar refractivity (Wildman–Crippen MR) is 141 cm³/mol. The van der Waals surface area contributed by atoms with Crippen LogP contribution in [0.25, 0.3) is 10.9 Å². The number of ether oxygens (including phenoxy) is 1. The zero-order valence-corrected chi connectivity index (χ0v) is 21.4. The normalized spacial score (nSPS) is 14.6. The molecule has 0 saturated carbocycles. The molecule has 1 amide bonds. The number of carbonyl (C=O) groups excluding carboxylic acids is 1. The standard InChI is InChI=1S/C28H28N4O4S/c1-36-25-18-23(28(33)32-16-14-31(15-17-32)19-21-9-12-29-13-10-21)7-8-24(25)20-37(34,35)26-6-2-4-22-5-3-11-30-27(22)26/h2-13,18H,14-17,19-20H2,1H3. The van der Waals surface area contributed by atoms with Crippen molar-refractivity contribution in [1.82, 2.24) is 19.8 Å². The number of para-hydroxylation sites is 1. The van der Waals surface area contributed by atoms with Gasteiger partial charge in [-0.15, -0.1) is 0 Å². The second-order valence-electron chi connectivity index (χ2n) is 9.04. The minimum atomic E-state index is -3.71. The largest absolute Gasteiger partial charge is 0.496 e. The molecule has 0 bridgehead atoms. The van der Waals surface area contributed by atoms with Crippen LogP contribution < -0.4 is 4.74 Å². The van der Waals surface area contributed by atoms with Crippen LogP contribution in [0.15, 0.2) is 84.1 Å². The summed E-state index contributed by atoms with van der Waals surface area (Å²) in [6, 6.07) is 17.7. The molecule has 1 saturated heterocycles. The highest BCUT2D eigenvalue weighted by atomic mass is 32.2. The first-order chi connectivity index (χ1) is 17.9. The molecule has 0 radical (unpaired) electrons. The topological polar surface area (TPSA) is 92.7 Å². The number of sulfone groups is 1. The van der Waals surface area contributed by atoms with E-state index in [1.807, 2.05) is 29.2 Å². The summed E-state index contributed by atoms with van der Waals surface area (Å²) in [4.78, 5) is 25.9. The molecule has 9 heteroatoms. The highest BCUT2D eigenvalue weighted by Gasteiger charge is 2.25. The highest BCUT2D eigenvalue weighted by Crippen LogP contribution is 2.29. The van der Waals surface area contributed by atoms with Crippen LogP contribution in [-0.2, 0) is 22.1 Å². The molecule has 0 N–H and O–H groups in total. The number of hydrogen-bond acceptors (Lipinski definition) is 7. The van der Waals surface area contributed by atoms with Crippen molar-refractivity contribution in [2.45, 2.75) is 17.2 Å². The van der Waals surface area contributed by atoms with Gasteiger partial charge in [0.1, 0.15) is 5.75 Å². The van der Waals surface area contributed by atoms with Crippen LogP contribution in [0.3, 0.4) is 0 Å². The summed E-state index contributed by atoms with van der Waals surface area (Å²) < 4.78 is 32.2. The molecule has 0 atom stereocenters. The molecule has 0 aliphatic carbocycles. The minimum absolute atomic E-state index is 0.0884. The fourth-order valence-electron chi connectivity index (χ4n) is 4.64. The molecule has 1 aliphatic heterocycles. The van der Waals surface area contributed by atoms with E-state index in [4.69, 9.17) is 4.74 Å². The first kappa shape index (κ1) is 24.9. The van der Waals surface area contributed by atoms with Crippen LogP contribution in [-0.4, -0.2) is 67.4 Å². The van der Waals surface area contributed by atoms with E-state index in [1.54, 1.807) is 55.0 Å². The van der Waals surface area contributed by atoms with Crippen molar-refractivity contribution in [3.05, 3.63) is 95.9 Å². The lowest BCUT2D eigenvalue weighted by molar-refractivity contribution is 0.0628. The van der Waals surface area contributed by atoms with Crippen LogP contribution in [0.1, 0.15) is 21.5 Å². The van der Waals surface area contributed by atoms with E-state index in [-0.39, 0.29) is 16.6 Å². The number of nitrogens with zero attached hydrogens (tertiary/aromatic N) is 4. The zero-order valence-electron chi connectivity index (χ0n) is 20.6. The summed E-state index contributed by atoms with van der Waals surface area (Å²) in [7, 11) is -2.22. The zero-order chi connectivity index (χ0) is 25.8. The van der Waals surface area contributed by atoms with Gasteiger partial charge in [0.2, 0.25) is 0 Å².